The van der Waals surface area contributed by atoms with E-state index >= 15 is 0 Å². The van der Waals surface area contributed by atoms with E-state index in [0.717, 1.165) is 11.3 Å². The summed E-state index contributed by atoms with van der Waals surface area (Å²) in [4.78, 5) is 26.9. The monoisotopic (exact) mass is 370 g/mol. The number of amides is 2. The van der Waals surface area contributed by atoms with Gasteiger partial charge < -0.3 is 15.6 Å². The van der Waals surface area contributed by atoms with Crippen molar-refractivity contribution in [2.45, 2.75) is 13.3 Å². The second-order valence-electron chi connectivity index (χ2n) is 5.85. The zero-order valence-electron chi connectivity index (χ0n) is 14.3. The number of aryl methyl sites for hydroxylation is 1. The molecular formula is C19H19ClN4O2. The Morgan fingerprint density at radius 2 is 2.00 bits per heavy atom. The number of anilines is 1. The average Bonchev–Trinajstić information content (AvgIpc) is 2.94. The molecule has 0 unspecified atom stereocenters. The van der Waals surface area contributed by atoms with Crippen LogP contribution in [0.4, 0.5) is 10.5 Å². The van der Waals surface area contributed by atoms with Crippen molar-refractivity contribution >= 4 is 23.3 Å². The van der Waals surface area contributed by atoms with Gasteiger partial charge in [-0.15, -0.1) is 0 Å². The van der Waals surface area contributed by atoms with E-state index in [1.165, 1.54) is 4.57 Å². The number of hydrogen-bond donors (Lipinski definition) is 3. The number of H-pyrrole nitrogens is 1. The van der Waals surface area contributed by atoms with Gasteiger partial charge in [-0.2, -0.15) is 0 Å². The number of rotatable bonds is 5. The fraction of sp³-hybridized carbons (Fsp3) is 0.158. The quantitative estimate of drug-likeness (QED) is 0.642. The Balaban J connectivity index is 1.66. The van der Waals surface area contributed by atoms with Crippen molar-refractivity contribution in [2.24, 2.45) is 0 Å². The molecule has 0 radical (unpaired) electrons. The summed E-state index contributed by atoms with van der Waals surface area (Å²) in [5.41, 5.74) is 2.72. The normalized spacial score (nSPS) is 10.5. The van der Waals surface area contributed by atoms with Crippen LogP contribution in [0.3, 0.4) is 0 Å². The number of aromatic nitrogens is 2. The van der Waals surface area contributed by atoms with E-state index in [4.69, 9.17) is 11.6 Å². The van der Waals surface area contributed by atoms with Gasteiger partial charge in [-0.25, -0.2) is 9.59 Å². The van der Waals surface area contributed by atoms with Gasteiger partial charge in [0.25, 0.3) is 0 Å². The molecule has 3 rings (SSSR count). The van der Waals surface area contributed by atoms with Gasteiger partial charge in [0.05, 0.1) is 11.4 Å². The summed E-state index contributed by atoms with van der Waals surface area (Å²) in [6.45, 7) is 2.29. The van der Waals surface area contributed by atoms with Crippen LogP contribution >= 0.6 is 11.6 Å². The molecule has 0 bridgehead atoms. The Labute approximate surface area is 155 Å². The highest BCUT2D eigenvalue weighted by atomic mass is 35.5. The van der Waals surface area contributed by atoms with Crippen LogP contribution in [0.2, 0.25) is 5.02 Å². The van der Waals surface area contributed by atoms with E-state index in [1.54, 1.807) is 24.4 Å². The molecule has 7 heteroatoms. The summed E-state index contributed by atoms with van der Waals surface area (Å²) in [6, 6.07) is 14.3. The van der Waals surface area contributed by atoms with Crippen molar-refractivity contribution in [3.05, 3.63) is 81.5 Å². The second kappa shape index (κ2) is 7.93. The van der Waals surface area contributed by atoms with Gasteiger partial charge in [-0.05, 0) is 43.2 Å². The van der Waals surface area contributed by atoms with Gasteiger partial charge >= 0.3 is 11.7 Å². The molecule has 0 saturated carbocycles. The molecule has 6 nitrogen and oxygen atoms in total. The van der Waals surface area contributed by atoms with Crippen LogP contribution in [0.5, 0.6) is 0 Å². The summed E-state index contributed by atoms with van der Waals surface area (Å²) < 4.78 is 1.52. The highest BCUT2D eigenvalue weighted by molar-refractivity contribution is 6.30. The summed E-state index contributed by atoms with van der Waals surface area (Å²) in [7, 11) is 0. The van der Waals surface area contributed by atoms with Crippen molar-refractivity contribution in [1.29, 1.82) is 0 Å². The van der Waals surface area contributed by atoms with Gasteiger partial charge in [0, 0.05) is 23.5 Å². The topological polar surface area (TPSA) is 78.9 Å². The Morgan fingerprint density at radius 1 is 1.19 bits per heavy atom. The lowest BCUT2D eigenvalue weighted by Gasteiger charge is -2.13. The summed E-state index contributed by atoms with van der Waals surface area (Å²) in [5.74, 6) is 0. The first-order chi connectivity index (χ1) is 12.5. The van der Waals surface area contributed by atoms with Gasteiger partial charge in [-0.3, -0.25) is 4.57 Å². The van der Waals surface area contributed by atoms with Crippen LogP contribution in [0.1, 0.15) is 11.3 Å². The van der Waals surface area contributed by atoms with Crippen LogP contribution in [0.25, 0.3) is 5.69 Å². The molecule has 26 heavy (non-hydrogen) atoms. The van der Waals surface area contributed by atoms with E-state index in [-0.39, 0.29) is 11.7 Å². The molecule has 0 aliphatic rings. The van der Waals surface area contributed by atoms with Crippen LogP contribution in [0, 0.1) is 6.92 Å². The van der Waals surface area contributed by atoms with E-state index in [2.05, 4.69) is 15.6 Å². The number of nitrogens with one attached hydrogen (secondary N) is 3. The maximum Gasteiger partial charge on any atom is 0.330 e. The number of imidazole rings is 1. The molecule has 134 valence electrons. The Morgan fingerprint density at radius 3 is 2.73 bits per heavy atom. The first kappa shape index (κ1) is 17.8. The lowest BCUT2D eigenvalue weighted by molar-refractivity contribution is 0.252. The van der Waals surface area contributed by atoms with Crippen molar-refractivity contribution < 1.29 is 4.79 Å². The zero-order chi connectivity index (χ0) is 18.5. The third kappa shape index (κ3) is 4.15. The molecule has 3 N–H and O–H groups in total. The molecule has 0 aliphatic carbocycles. The number of carbonyl (C=O) groups is 1. The molecule has 3 aromatic rings. The molecule has 1 heterocycles. The molecule has 0 spiro atoms. The fourth-order valence-corrected chi connectivity index (χ4v) is 2.92. The molecule has 0 atom stereocenters. The first-order valence-corrected chi connectivity index (χ1v) is 8.58. The number of benzene rings is 2. The average molecular weight is 371 g/mol. The molecule has 0 aliphatic heterocycles. The van der Waals surface area contributed by atoms with Crippen LogP contribution in [0.15, 0.2) is 59.5 Å². The Hall–Kier alpha value is -2.99. The summed E-state index contributed by atoms with van der Waals surface area (Å²) in [6.07, 6.45) is 2.30. The van der Waals surface area contributed by atoms with Crippen molar-refractivity contribution in [3.8, 4) is 5.69 Å². The minimum atomic E-state index is -0.333. The fourth-order valence-electron chi connectivity index (χ4n) is 2.71. The van der Waals surface area contributed by atoms with Crippen LogP contribution in [-0.2, 0) is 6.42 Å². The zero-order valence-corrected chi connectivity index (χ0v) is 15.0. The van der Waals surface area contributed by atoms with E-state index in [0.29, 0.717) is 29.4 Å². The molecule has 2 amide bonds. The number of nitrogens with zero attached hydrogens (tertiary/aromatic N) is 1. The van der Waals surface area contributed by atoms with E-state index in [9.17, 15) is 9.59 Å². The van der Waals surface area contributed by atoms with E-state index < -0.39 is 0 Å². The summed E-state index contributed by atoms with van der Waals surface area (Å²) in [5, 5.41) is 6.29. The molecule has 0 fully saturated rings. The largest absolute Gasteiger partial charge is 0.338 e. The van der Waals surface area contributed by atoms with Gasteiger partial charge in [0.1, 0.15) is 0 Å². The lowest BCUT2D eigenvalue weighted by atomic mass is 10.1. The highest BCUT2D eigenvalue weighted by Crippen LogP contribution is 2.19. The van der Waals surface area contributed by atoms with Gasteiger partial charge in [0.15, 0.2) is 0 Å². The molecular weight excluding hydrogens is 352 g/mol. The van der Waals surface area contributed by atoms with Crippen molar-refractivity contribution in [1.82, 2.24) is 14.9 Å². The maximum absolute atomic E-state index is 12.2. The Bertz CT molecular complexity index is 977. The highest BCUT2D eigenvalue weighted by Gasteiger charge is 2.11. The molecule has 2 aromatic carbocycles. The number of carbonyl (C=O) groups excluding carboxylic acids is 1. The maximum atomic E-state index is 12.2. The molecule has 1 aromatic heterocycles. The third-order valence-corrected chi connectivity index (χ3v) is 4.18. The van der Waals surface area contributed by atoms with Crippen molar-refractivity contribution in [3.63, 3.8) is 0 Å². The van der Waals surface area contributed by atoms with Crippen LogP contribution < -0.4 is 16.3 Å². The minimum absolute atomic E-state index is 0.252. The number of para-hydroxylation sites is 2. The summed E-state index contributed by atoms with van der Waals surface area (Å²) >= 11 is 5.96. The number of urea groups is 1. The third-order valence-electron chi connectivity index (χ3n) is 3.94. The predicted molar refractivity (Wildman–Crippen MR) is 103 cm³/mol. The standard InChI is InChI=1S/C19H19ClN4O2/c1-13-12-22-19(26)24(13)17-8-3-2-7-16(17)23-18(25)21-10-9-14-5-4-6-15(20)11-14/h2-8,11-12H,9-10H2,1H3,(H,22,26)(H2,21,23,25). The number of aromatic amines is 1. The molecule has 0 saturated heterocycles. The first-order valence-electron chi connectivity index (χ1n) is 8.20. The van der Waals surface area contributed by atoms with E-state index in [1.807, 2.05) is 37.3 Å². The predicted octanol–water partition coefficient (Wildman–Crippen LogP) is 3.49. The van der Waals surface area contributed by atoms with Gasteiger partial charge in [-0.1, -0.05) is 35.9 Å². The van der Waals surface area contributed by atoms with Crippen molar-refractivity contribution in [2.75, 3.05) is 11.9 Å². The smallest absolute Gasteiger partial charge is 0.330 e. The minimum Gasteiger partial charge on any atom is -0.338 e. The van der Waals surface area contributed by atoms with Crippen LogP contribution in [-0.4, -0.2) is 22.1 Å². The Kier molecular flexibility index (Phi) is 5.43. The second-order valence-corrected chi connectivity index (χ2v) is 6.29. The SMILES string of the molecule is Cc1c[nH]c(=O)n1-c1ccccc1NC(=O)NCCc1cccc(Cl)c1. The number of hydrogen-bond acceptors (Lipinski definition) is 2. The number of halogens is 1. The lowest BCUT2D eigenvalue weighted by Crippen LogP contribution is -2.31. The van der Waals surface area contributed by atoms with Gasteiger partial charge in [0.2, 0.25) is 0 Å².